The summed E-state index contributed by atoms with van der Waals surface area (Å²) in [6, 6.07) is 4.81. The largest absolute Gasteiger partial charge is 0.383 e. The van der Waals surface area contributed by atoms with Crippen LogP contribution in [0.25, 0.3) is 0 Å². The summed E-state index contributed by atoms with van der Waals surface area (Å²) in [5.74, 6) is -0.224. The molecule has 1 aromatic carbocycles. The topological polar surface area (TPSA) is 90.5 Å². The summed E-state index contributed by atoms with van der Waals surface area (Å²) in [4.78, 5) is 12.1. The quantitative estimate of drug-likeness (QED) is 0.519. The number of nitrogens with zero attached hydrogens (tertiary/aromatic N) is 1. The van der Waals surface area contributed by atoms with E-state index in [1.54, 1.807) is 33.0 Å². The maximum Gasteiger partial charge on any atom is 0.243 e. The van der Waals surface area contributed by atoms with Crippen LogP contribution in [0.2, 0.25) is 0 Å². The van der Waals surface area contributed by atoms with Crippen molar-refractivity contribution in [2.24, 2.45) is 0 Å². The molecule has 0 aliphatic rings. The zero-order valence-electron chi connectivity index (χ0n) is 15.6. The molecule has 0 radical (unpaired) electrons. The lowest BCUT2D eigenvalue weighted by molar-refractivity contribution is -0.115. The van der Waals surface area contributed by atoms with Gasteiger partial charge in [0.25, 0.3) is 0 Å². The lowest BCUT2D eigenvalue weighted by atomic mass is 10.2. The fraction of sp³-hybridized carbons (Fsp3) is 0.588. The first-order valence-electron chi connectivity index (χ1n) is 8.73. The van der Waals surface area contributed by atoms with Gasteiger partial charge in [0.05, 0.1) is 22.8 Å². The number of carbonyl (C=O) groups excluding carboxylic acids is 1. The van der Waals surface area contributed by atoms with Gasteiger partial charge >= 0.3 is 0 Å². The Labute approximate surface area is 151 Å². The van der Waals surface area contributed by atoms with E-state index in [2.05, 4.69) is 22.9 Å². The molecule has 0 fully saturated rings. The van der Waals surface area contributed by atoms with Crippen molar-refractivity contribution in [3.63, 3.8) is 0 Å². The number of benzene rings is 1. The first kappa shape index (κ1) is 21.4. The molecule has 1 amide bonds. The van der Waals surface area contributed by atoms with E-state index in [0.717, 1.165) is 25.1 Å². The number of hydrogen-bond donors (Lipinski definition) is 3. The number of anilines is 2. The van der Waals surface area contributed by atoms with Gasteiger partial charge in [-0.2, -0.15) is 4.31 Å². The van der Waals surface area contributed by atoms with Gasteiger partial charge in [0, 0.05) is 19.6 Å². The Balaban J connectivity index is 3.19. The van der Waals surface area contributed by atoms with Gasteiger partial charge in [-0.05, 0) is 31.7 Å². The summed E-state index contributed by atoms with van der Waals surface area (Å²) in [5.41, 5.74) is 1.20. The molecule has 0 aliphatic heterocycles. The molecule has 3 N–H and O–H groups in total. The van der Waals surface area contributed by atoms with Crippen molar-refractivity contribution in [3.05, 3.63) is 18.2 Å². The van der Waals surface area contributed by atoms with Crippen molar-refractivity contribution in [1.82, 2.24) is 9.62 Å². The highest BCUT2D eigenvalue weighted by molar-refractivity contribution is 7.89. The Morgan fingerprint density at radius 3 is 2.36 bits per heavy atom. The van der Waals surface area contributed by atoms with Gasteiger partial charge in [-0.3, -0.25) is 4.79 Å². The average Bonchev–Trinajstić information content (AvgIpc) is 2.57. The van der Waals surface area contributed by atoms with Crippen LogP contribution in [0.1, 0.15) is 33.6 Å². The van der Waals surface area contributed by atoms with Gasteiger partial charge in [-0.25, -0.2) is 8.42 Å². The smallest absolute Gasteiger partial charge is 0.243 e. The number of rotatable bonds is 11. The van der Waals surface area contributed by atoms with Crippen LogP contribution in [0, 0.1) is 0 Å². The van der Waals surface area contributed by atoms with Gasteiger partial charge < -0.3 is 16.0 Å². The fourth-order valence-corrected chi connectivity index (χ4v) is 3.89. The third-order valence-electron chi connectivity index (χ3n) is 3.79. The first-order chi connectivity index (χ1) is 11.9. The molecule has 0 unspecified atom stereocenters. The summed E-state index contributed by atoms with van der Waals surface area (Å²) >= 11 is 0. The molecular formula is C17H30N4O3S. The normalized spacial score (nSPS) is 11.6. The van der Waals surface area contributed by atoms with E-state index in [4.69, 9.17) is 0 Å². The molecule has 0 atom stereocenters. The molecule has 0 bridgehead atoms. The monoisotopic (exact) mass is 370 g/mol. The summed E-state index contributed by atoms with van der Waals surface area (Å²) in [6.07, 6.45) is 2.03. The molecular weight excluding hydrogens is 340 g/mol. The Hall–Kier alpha value is -1.64. The van der Waals surface area contributed by atoms with Gasteiger partial charge in [0.15, 0.2) is 0 Å². The summed E-state index contributed by atoms with van der Waals surface area (Å²) in [5, 5.41) is 8.81. The minimum atomic E-state index is -3.58. The molecule has 142 valence electrons. The Bertz CT molecular complexity index is 658. The van der Waals surface area contributed by atoms with E-state index in [9.17, 15) is 13.2 Å². The number of carbonyl (C=O) groups is 1. The third-order valence-corrected chi connectivity index (χ3v) is 5.84. The van der Waals surface area contributed by atoms with Crippen LogP contribution in [-0.2, 0) is 14.8 Å². The third kappa shape index (κ3) is 5.98. The van der Waals surface area contributed by atoms with E-state index < -0.39 is 10.0 Å². The second kappa shape index (κ2) is 10.4. The second-order valence-corrected chi connectivity index (χ2v) is 7.59. The van der Waals surface area contributed by atoms with Crippen LogP contribution in [-0.4, -0.2) is 51.9 Å². The molecule has 0 aliphatic carbocycles. The molecule has 0 aromatic heterocycles. The highest BCUT2D eigenvalue weighted by Gasteiger charge is 2.23. The zero-order valence-corrected chi connectivity index (χ0v) is 16.4. The van der Waals surface area contributed by atoms with E-state index in [1.807, 2.05) is 0 Å². The highest BCUT2D eigenvalue weighted by Crippen LogP contribution is 2.27. The number of unbranched alkanes of at least 4 members (excludes halogenated alkanes) is 1. The van der Waals surface area contributed by atoms with Crippen molar-refractivity contribution >= 4 is 27.3 Å². The molecule has 0 heterocycles. The number of likely N-dealkylation sites (N-methyl/N-ethyl adjacent to an activating group) is 1. The number of amides is 1. The Kier molecular flexibility index (Phi) is 8.88. The average molecular weight is 371 g/mol. The van der Waals surface area contributed by atoms with Gasteiger partial charge in [0.1, 0.15) is 0 Å². The molecule has 25 heavy (non-hydrogen) atoms. The standard InChI is InChI=1S/C17H30N4O3S/c1-5-8-11-19-15-10-9-14(25(23,24)21(6-2)7-3)12-16(15)20-17(22)13-18-4/h9-10,12,18-19H,5-8,11,13H2,1-4H3,(H,20,22). The van der Waals surface area contributed by atoms with Crippen molar-refractivity contribution in [1.29, 1.82) is 0 Å². The van der Waals surface area contributed by atoms with E-state index in [1.165, 1.54) is 10.4 Å². The van der Waals surface area contributed by atoms with Crippen LogP contribution >= 0.6 is 0 Å². The minimum Gasteiger partial charge on any atom is -0.383 e. The molecule has 8 heteroatoms. The SMILES string of the molecule is CCCCNc1ccc(S(=O)(=O)N(CC)CC)cc1NC(=O)CNC. The molecule has 7 nitrogen and oxygen atoms in total. The van der Waals surface area contributed by atoms with Crippen molar-refractivity contribution in [3.8, 4) is 0 Å². The fourth-order valence-electron chi connectivity index (χ4n) is 2.41. The van der Waals surface area contributed by atoms with Crippen LogP contribution in [0.15, 0.2) is 23.1 Å². The lowest BCUT2D eigenvalue weighted by Crippen LogP contribution is -2.31. The molecule has 0 saturated carbocycles. The van der Waals surface area contributed by atoms with Crippen molar-refractivity contribution in [2.75, 3.05) is 43.9 Å². The van der Waals surface area contributed by atoms with Crippen LogP contribution in [0.5, 0.6) is 0 Å². The number of nitrogens with one attached hydrogen (secondary N) is 3. The van der Waals surface area contributed by atoms with Crippen molar-refractivity contribution < 1.29 is 13.2 Å². The lowest BCUT2D eigenvalue weighted by Gasteiger charge is -2.20. The van der Waals surface area contributed by atoms with Crippen LogP contribution in [0.4, 0.5) is 11.4 Å². The van der Waals surface area contributed by atoms with Gasteiger partial charge in [-0.15, -0.1) is 0 Å². The summed E-state index contributed by atoms with van der Waals surface area (Å²) in [7, 11) is -1.89. The summed E-state index contributed by atoms with van der Waals surface area (Å²) < 4.78 is 26.8. The second-order valence-electron chi connectivity index (χ2n) is 5.66. The van der Waals surface area contributed by atoms with E-state index >= 15 is 0 Å². The number of sulfonamides is 1. The Morgan fingerprint density at radius 2 is 1.80 bits per heavy atom. The summed E-state index contributed by atoms with van der Waals surface area (Å²) in [6.45, 7) is 7.41. The molecule has 0 spiro atoms. The van der Waals surface area contributed by atoms with E-state index in [-0.39, 0.29) is 17.3 Å². The predicted octanol–water partition coefficient (Wildman–Crippen LogP) is 2.09. The van der Waals surface area contributed by atoms with Crippen molar-refractivity contribution in [2.45, 2.75) is 38.5 Å². The minimum absolute atomic E-state index is 0.154. The molecule has 0 saturated heterocycles. The van der Waals surface area contributed by atoms with E-state index in [0.29, 0.717) is 18.8 Å². The first-order valence-corrected chi connectivity index (χ1v) is 10.2. The van der Waals surface area contributed by atoms with Gasteiger partial charge in [0.2, 0.25) is 15.9 Å². The predicted molar refractivity (Wildman–Crippen MR) is 103 cm³/mol. The number of hydrogen-bond acceptors (Lipinski definition) is 5. The molecule has 1 aromatic rings. The van der Waals surface area contributed by atoms with Crippen LogP contribution < -0.4 is 16.0 Å². The highest BCUT2D eigenvalue weighted by atomic mass is 32.2. The van der Waals surface area contributed by atoms with Crippen LogP contribution in [0.3, 0.4) is 0 Å². The van der Waals surface area contributed by atoms with Gasteiger partial charge in [-0.1, -0.05) is 27.2 Å². The molecule has 1 rings (SSSR count). The Morgan fingerprint density at radius 1 is 1.12 bits per heavy atom. The maximum atomic E-state index is 12.7. The zero-order chi connectivity index (χ0) is 18.9. The maximum absolute atomic E-state index is 12.7.